The Labute approximate surface area is 91.5 Å². The van der Waals surface area contributed by atoms with Crippen molar-refractivity contribution in [3.8, 4) is 0 Å². The van der Waals surface area contributed by atoms with Crippen LogP contribution in [0.15, 0.2) is 24.4 Å². The number of rotatable bonds is 3. The molecule has 0 saturated carbocycles. The molecule has 0 aliphatic carbocycles. The summed E-state index contributed by atoms with van der Waals surface area (Å²) in [6.45, 7) is 5.58. The van der Waals surface area contributed by atoms with E-state index in [9.17, 15) is 0 Å². The van der Waals surface area contributed by atoms with Gasteiger partial charge in [0.25, 0.3) is 0 Å². The zero-order valence-corrected chi connectivity index (χ0v) is 9.48. The van der Waals surface area contributed by atoms with E-state index in [0.717, 1.165) is 19.0 Å². The van der Waals surface area contributed by atoms with Gasteiger partial charge in [-0.1, -0.05) is 13.0 Å². The molecule has 1 aliphatic heterocycles. The van der Waals surface area contributed by atoms with Gasteiger partial charge >= 0.3 is 0 Å². The number of likely N-dealkylation sites (tertiary alicyclic amines) is 1. The number of pyridine rings is 1. The first kappa shape index (κ1) is 10.6. The number of nitrogens with zero attached hydrogens (tertiary/aromatic N) is 2. The fourth-order valence-electron chi connectivity index (χ4n) is 2.29. The van der Waals surface area contributed by atoms with Crippen molar-refractivity contribution in [1.29, 1.82) is 0 Å². The third-order valence-electron chi connectivity index (χ3n) is 3.17. The van der Waals surface area contributed by atoms with Crippen molar-refractivity contribution in [2.24, 2.45) is 5.92 Å². The molecule has 1 aromatic heterocycles. The van der Waals surface area contributed by atoms with E-state index in [1.54, 1.807) is 0 Å². The van der Waals surface area contributed by atoms with Crippen LogP contribution in [0.3, 0.4) is 0 Å². The van der Waals surface area contributed by atoms with Gasteiger partial charge in [0.15, 0.2) is 0 Å². The Morgan fingerprint density at radius 3 is 2.93 bits per heavy atom. The molecule has 1 saturated heterocycles. The molecule has 0 aromatic carbocycles. The monoisotopic (exact) mass is 205 g/mol. The summed E-state index contributed by atoms with van der Waals surface area (Å²) >= 11 is 0. The van der Waals surface area contributed by atoms with Crippen LogP contribution < -0.4 is 5.32 Å². The molecule has 1 aliphatic rings. The van der Waals surface area contributed by atoms with Crippen molar-refractivity contribution >= 4 is 0 Å². The highest BCUT2D eigenvalue weighted by Gasteiger charge is 2.27. The molecule has 3 heteroatoms. The number of hydrogen-bond donors (Lipinski definition) is 1. The van der Waals surface area contributed by atoms with Gasteiger partial charge in [-0.3, -0.25) is 9.88 Å². The van der Waals surface area contributed by atoms with Crippen LogP contribution in [0.1, 0.15) is 12.6 Å². The maximum Gasteiger partial charge on any atom is 0.0543 e. The number of likely N-dealkylation sites (N-methyl/N-ethyl adjacent to an activating group) is 1. The van der Waals surface area contributed by atoms with Crippen molar-refractivity contribution in [3.05, 3.63) is 30.1 Å². The highest BCUT2D eigenvalue weighted by molar-refractivity contribution is 5.04. The Morgan fingerprint density at radius 2 is 2.33 bits per heavy atom. The summed E-state index contributed by atoms with van der Waals surface area (Å²) in [6.07, 6.45) is 1.87. The Hall–Kier alpha value is -0.930. The van der Waals surface area contributed by atoms with Gasteiger partial charge in [0, 0.05) is 31.9 Å². The molecular formula is C12H19N3. The smallest absolute Gasteiger partial charge is 0.0543 e. The lowest BCUT2D eigenvalue weighted by Crippen LogP contribution is -2.32. The Morgan fingerprint density at radius 1 is 1.47 bits per heavy atom. The van der Waals surface area contributed by atoms with Crippen molar-refractivity contribution in [1.82, 2.24) is 15.2 Å². The summed E-state index contributed by atoms with van der Waals surface area (Å²) in [6, 6.07) is 6.75. The van der Waals surface area contributed by atoms with Crippen LogP contribution in [0.4, 0.5) is 0 Å². The molecule has 1 N–H and O–H groups in total. The first-order valence-corrected chi connectivity index (χ1v) is 5.59. The second-order valence-electron chi connectivity index (χ2n) is 4.39. The summed E-state index contributed by atoms with van der Waals surface area (Å²) in [5.41, 5.74) is 1.17. The van der Waals surface area contributed by atoms with Gasteiger partial charge in [-0.2, -0.15) is 0 Å². The average Bonchev–Trinajstić information content (AvgIpc) is 2.60. The van der Waals surface area contributed by atoms with Crippen LogP contribution in [-0.2, 0) is 6.54 Å². The number of hydrogen-bond acceptors (Lipinski definition) is 3. The van der Waals surface area contributed by atoms with E-state index in [-0.39, 0.29) is 0 Å². The first-order chi connectivity index (χ1) is 7.29. The van der Waals surface area contributed by atoms with Crippen LogP contribution in [0, 0.1) is 5.92 Å². The molecule has 0 bridgehead atoms. The van der Waals surface area contributed by atoms with Crippen LogP contribution in [0.25, 0.3) is 0 Å². The quantitative estimate of drug-likeness (QED) is 0.801. The fourth-order valence-corrected chi connectivity index (χ4v) is 2.29. The summed E-state index contributed by atoms with van der Waals surface area (Å²) in [7, 11) is 2.05. The van der Waals surface area contributed by atoms with Crippen LogP contribution in [-0.4, -0.2) is 36.1 Å². The summed E-state index contributed by atoms with van der Waals surface area (Å²) < 4.78 is 0. The summed E-state index contributed by atoms with van der Waals surface area (Å²) in [5, 5.41) is 3.37. The van der Waals surface area contributed by atoms with E-state index in [0.29, 0.717) is 6.04 Å². The second kappa shape index (κ2) is 4.73. The van der Waals surface area contributed by atoms with E-state index < -0.39 is 0 Å². The Bertz CT molecular complexity index is 299. The molecule has 82 valence electrons. The lowest BCUT2D eigenvalue weighted by Gasteiger charge is -2.14. The third-order valence-corrected chi connectivity index (χ3v) is 3.17. The van der Waals surface area contributed by atoms with Gasteiger partial charge in [-0.25, -0.2) is 0 Å². The van der Waals surface area contributed by atoms with Crippen LogP contribution >= 0.6 is 0 Å². The SMILES string of the molecule is CNC1CN(Cc2ccccn2)CC1C. The largest absolute Gasteiger partial charge is 0.315 e. The molecule has 3 nitrogen and oxygen atoms in total. The highest BCUT2D eigenvalue weighted by atomic mass is 15.2. The lowest BCUT2D eigenvalue weighted by molar-refractivity contribution is 0.313. The van der Waals surface area contributed by atoms with Gasteiger partial charge in [0.1, 0.15) is 0 Å². The van der Waals surface area contributed by atoms with E-state index >= 15 is 0 Å². The van der Waals surface area contributed by atoms with E-state index in [1.165, 1.54) is 12.2 Å². The van der Waals surface area contributed by atoms with Crippen molar-refractivity contribution in [3.63, 3.8) is 0 Å². The third kappa shape index (κ3) is 2.55. The molecule has 2 atom stereocenters. The zero-order valence-electron chi connectivity index (χ0n) is 9.48. The molecule has 2 rings (SSSR count). The van der Waals surface area contributed by atoms with Gasteiger partial charge in [0.2, 0.25) is 0 Å². The predicted molar refractivity (Wildman–Crippen MR) is 61.5 cm³/mol. The van der Waals surface area contributed by atoms with Crippen LogP contribution in [0.2, 0.25) is 0 Å². The summed E-state index contributed by atoms with van der Waals surface area (Å²) in [4.78, 5) is 6.82. The topological polar surface area (TPSA) is 28.2 Å². The van der Waals surface area contributed by atoms with Gasteiger partial charge in [0.05, 0.1) is 5.69 Å². The average molecular weight is 205 g/mol. The molecule has 1 fully saturated rings. The van der Waals surface area contributed by atoms with Crippen molar-refractivity contribution < 1.29 is 0 Å². The molecule has 2 heterocycles. The molecular weight excluding hydrogens is 186 g/mol. The van der Waals surface area contributed by atoms with Crippen LogP contribution in [0.5, 0.6) is 0 Å². The number of nitrogens with one attached hydrogen (secondary N) is 1. The Kier molecular flexibility index (Phi) is 3.34. The molecule has 1 aromatic rings. The standard InChI is InChI=1S/C12H19N3/c1-10-7-15(9-12(10)13-2)8-11-5-3-4-6-14-11/h3-6,10,12-13H,7-9H2,1-2H3. The summed E-state index contributed by atoms with van der Waals surface area (Å²) in [5.74, 6) is 0.735. The molecule has 0 radical (unpaired) electrons. The predicted octanol–water partition coefficient (Wildman–Crippen LogP) is 1.12. The van der Waals surface area contributed by atoms with Gasteiger partial charge in [-0.05, 0) is 25.1 Å². The second-order valence-corrected chi connectivity index (χ2v) is 4.39. The van der Waals surface area contributed by atoms with Gasteiger partial charge in [-0.15, -0.1) is 0 Å². The molecule has 15 heavy (non-hydrogen) atoms. The lowest BCUT2D eigenvalue weighted by atomic mass is 10.1. The van der Waals surface area contributed by atoms with Crippen molar-refractivity contribution in [2.75, 3.05) is 20.1 Å². The van der Waals surface area contributed by atoms with E-state index in [2.05, 4.69) is 34.3 Å². The van der Waals surface area contributed by atoms with Crippen molar-refractivity contribution in [2.45, 2.75) is 19.5 Å². The minimum absolute atomic E-state index is 0.633. The molecule has 0 spiro atoms. The number of aromatic nitrogens is 1. The maximum atomic E-state index is 4.36. The molecule has 0 amide bonds. The van der Waals surface area contributed by atoms with Gasteiger partial charge < -0.3 is 5.32 Å². The maximum absolute atomic E-state index is 4.36. The van der Waals surface area contributed by atoms with E-state index in [4.69, 9.17) is 0 Å². The minimum atomic E-state index is 0.633. The van der Waals surface area contributed by atoms with E-state index in [1.807, 2.05) is 19.3 Å². The first-order valence-electron chi connectivity index (χ1n) is 5.59. The fraction of sp³-hybridized carbons (Fsp3) is 0.583. The normalized spacial score (nSPS) is 27.1. The molecule has 2 unspecified atom stereocenters. The Balaban J connectivity index is 1.92. The zero-order chi connectivity index (χ0) is 10.7. The highest BCUT2D eigenvalue weighted by Crippen LogP contribution is 2.17. The minimum Gasteiger partial charge on any atom is -0.315 e.